The summed E-state index contributed by atoms with van der Waals surface area (Å²) in [6.07, 6.45) is 0. The van der Waals surface area contributed by atoms with Crippen LogP contribution in [0, 0.1) is 0 Å². The second-order valence-corrected chi connectivity index (χ2v) is 5.50. The highest BCUT2D eigenvalue weighted by Crippen LogP contribution is 2.27. The van der Waals surface area contributed by atoms with Crippen molar-refractivity contribution in [1.82, 2.24) is 4.98 Å². The number of carbonyl (C=O) groups excluding carboxylic acids is 2. The van der Waals surface area contributed by atoms with E-state index >= 15 is 0 Å². The summed E-state index contributed by atoms with van der Waals surface area (Å²) in [6, 6.07) is 5.12. The molecule has 0 aliphatic carbocycles. The number of aromatic nitrogens is 1. The lowest BCUT2D eigenvalue weighted by molar-refractivity contribution is -0.137. The number of rotatable bonds is 4. The smallest absolute Gasteiger partial charge is 0.379 e. The fraction of sp³-hybridized carbons (Fsp3) is 0.357. The first-order valence-electron chi connectivity index (χ1n) is 6.15. The van der Waals surface area contributed by atoms with Gasteiger partial charge in [-0.3, -0.25) is 4.79 Å². The monoisotopic (exact) mass is 277 g/mol. The van der Waals surface area contributed by atoms with E-state index in [-0.39, 0.29) is 6.61 Å². The Labute approximate surface area is 115 Å². The molecule has 0 atom stereocenters. The molecule has 0 aliphatic rings. The first-order chi connectivity index (χ1) is 9.02. The maximum atomic E-state index is 11.8. The molecule has 0 saturated carbocycles. The molecule has 0 spiro atoms. The molecule has 0 amide bonds. The Balaban J connectivity index is 2.36. The Morgan fingerprint density at radius 3 is 2.74 bits per heavy atom. The van der Waals surface area contributed by atoms with Crippen LogP contribution in [0.2, 0.25) is 0 Å². The van der Waals surface area contributed by atoms with E-state index in [1.54, 1.807) is 30.4 Å². The lowest BCUT2D eigenvalue weighted by Gasteiger charge is -2.00. The van der Waals surface area contributed by atoms with Crippen LogP contribution in [0.4, 0.5) is 0 Å². The number of ether oxygens (including phenoxy) is 1. The first kappa shape index (κ1) is 13.7. The van der Waals surface area contributed by atoms with Gasteiger partial charge in [0.1, 0.15) is 0 Å². The van der Waals surface area contributed by atoms with E-state index in [0.29, 0.717) is 11.5 Å². The average Bonchev–Trinajstić information content (AvgIpc) is 2.81. The Morgan fingerprint density at radius 2 is 2.11 bits per heavy atom. The first-order valence-corrected chi connectivity index (χ1v) is 6.96. The third-order valence-corrected chi connectivity index (χ3v) is 3.96. The summed E-state index contributed by atoms with van der Waals surface area (Å²) in [4.78, 5) is 27.7. The number of thiazole rings is 1. The lowest BCUT2D eigenvalue weighted by Crippen LogP contribution is -2.17. The van der Waals surface area contributed by atoms with E-state index in [9.17, 15) is 9.59 Å². The predicted molar refractivity (Wildman–Crippen MR) is 74.7 cm³/mol. The number of hydrogen-bond acceptors (Lipinski definition) is 5. The van der Waals surface area contributed by atoms with E-state index < -0.39 is 11.8 Å². The molecule has 1 aromatic heterocycles. The number of fused-ring (bicyclic) bond motifs is 1. The topological polar surface area (TPSA) is 56.3 Å². The lowest BCUT2D eigenvalue weighted by atomic mass is 10.1. The molecule has 19 heavy (non-hydrogen) atoms. The summed E-state index contributed by atoms with van der Waals surface area (Å²) >= 11 is 1.61. The standard InChI is InChI=1S/C14H15NO3S/c1-4-18-14(17)12(16)9-5-6-11-10(7-9)15-13(19-11)8(2)3/h5-8H,4H2,1-3H3. The van der Waals surface area contributed by atoms with Gasteiger partial charge in [0.05, 0.1) is 21.8 Å². The number of ketones is 1. The molecule has 0 unspecified atom stereocenters. The third-order valence-electron chi connectivity index (χ3n) is 2.62. The van der Waals surface area contributed by atoms with E-state index in [0.717, 1.165) is 15.2 Å². The van der Waals surface area contributed by atoms with Gasteiger partial charge < -0.3 is 4.74 Å². The maximum absolute atomic E-state index is 11.8. The van der Waals surface area contributed by atoms with Crippen LogP contribution in [0.1, 0.15) is 42.1 Å². The van der Waals surface area contributed by atoms with Crippen molar-refractivity contribution in [3.63, 3.8) is 0 Å². The average molecular weight is 277 g/mol. The van der Waals surface area contributed by atoms with E-state index in [1.807, 2.05) is 6.07 Å². The Morgan fingerprint density at radius 1 is 1.37 bits per heavy atom. The number of benzene rings is 1. The largest absolute Gasteiger partial charge is 0.460 e. The summed E-state index contributed by atoms with van der Waals surface area (Å²) in [6.45, 7) is 6.01. The van der Waals surface area contributed by atoms with Crippen LogP contribution >= 0.6 is 11.3 Å². The van der Waals surface area contributed by atoms with Crippen molar-refractivity contribution < 1.29 is 14.3 Å². The van der Waals surface area contributed by atoms with Crippen molar-refractivity contribution in [3.8, 4) is 0 Å². The molecule has 0 radical (unpaired) electrons. The zero-order valence-electron chi connectivity index (χ0n) is 11.1. The molecule has 0 aliphatic heterocycles. The molecule has 0 N–H and O–H groups in total. The van der Waals surface area contributed by atoms with Gasteiger partial charge in [-0.15, -0.1) is 11.3 Å². The van der Waals surface area contributed by atoms with Gasteiger partial charge in [-0.2, -0.15) is 0 Å². The molecule has 4 nitrogen and oxygen atoms in total. The minimum absolute atomic E-state index is 0.195. The van der Waals surface area contributed by atoms with Crippen molar-refractivity contribution in [3.05, 3.63) is 28.8 Å². The third kappa shape index (κ3) is 2.81. The number of esters is 1. The molecule has 100 valence electrons. The van der Waals surface area contributed by atoms with Crippen LogP contribution in [-0.2, 0) is 9.53 Å². The Kier molecular flexibility index (Phi) is 3.95. The van der Waals surface area contributed by atoms with Crippen molar-refractivity contribution >= 4 is 33.3 Å². The van der Waals surface area contributed by atoms with E-state index in [4.69, 9.17) is 4.74 Å². The molecular weight excluding hydrogens is 262 g/mol. The molecule has 2 rings (SSSR count). The van der Waals surface area contributed by atoms with Crippen molar-refractivity contribution in [1.29, 1.82) is 0 Å². The highest BCUT2D eigenvalue weighted by molar-refractivity contribution is 7.18. The van der Waals surface area contributed by atoms with Crippen molar-refractivity contribution in [2.75, 3.05) is 6.61 Å². The number of carbonyl (C=O) groups is 2. The second kappa shape index (κ2) is 5.48. The summed E-state index contributed by atoms with van der Waals surface area (Å²) in [5, 5.41) is 1.02. The Bertz CT molecular complexity index is 631. The van der Waals surface area contributed by atoms with Crippen LogP contribution in [0.3, 0.4) is 0 Å². The van der Waals surface area contributed by atoms with Gasteiger partial charge in [0.15, 0.2) is 0 Å². The van der Waals surface area contributed by atoms with Crippen LogP contribution in [0.25, 0.3) is 10.2 Å². The minimum atomic E-state index is -0.818. The zero-order chi connectivity index (χ0) is 14.0. The molecule has 1 aromatic carbocycles. The quantitative estimate of drug-likeness (QED) is 0.489. The summed E-state index contributed by atoms with van der Waals surface area (Å²) in [5.41, 5.74) is 1.08. The summed E-state index contributed by atoms with van der Waals surface area (Å²) in [7, 11) is 0. The highest BCUT2D eigenvalue weighted by Gasteiger charge is 2.18. The van der Waals surface area contributed by atoms with Gasteiger partial charge in [0.25, 0.3) is 5.78 Å². The molecule has 5 heteroatoms. The summed E-state index contributed by atoms with van der Waals surface area (Å²) in [5.74, 6) is -1.09. The normalized spacial score (nSPS) is 10.9. The van der Waals surface area contributed by atoms with Gasteiger partial charge in [0.2, 0.25) is 0 Å². The fourth-order valence-corrected chi connectivity index (χ4v) is 2.60. The SMILES string of the molecule is CCOC(=O)C(=O)c1ccc2sc(C(C)C)nc2c1. The van der Waals surface area contributed by atoms with Gasteiger partial charge in [-0.05, 0) is 25.1 Å². The molecular formula is C14H15NO3S. The second-order valence-electron chi connectivity index (χ2n) is 4.44. The number of hydrogen-bond donors (Lipinski definition) is 0. The zero-order valence-corrected chi connectivity index (χ0v) is 11.9. The molecule has 2 aromatic rings. The minimum Gasteiger partial charge on any atom is -0.460 e. The van der Waals surface area contributed by atoms with Crippen LogP contribution < -0.4 is 0 Å². The molecule has 1 heterocycles. The van der Waals surface area contributed by atoms with E-state index in [1.165, 1.54) is 0 Å². The number of Topliss-reactive ketones (excluding diaryl/α,β-unsaturated/α-hetero) is 1. The van der Waals surface area contributed by atoms with Crippen molar-refractivity contribution in [2.24, 2.45) is 0 Å². The van der Waals surface area contributed by atoms with Crippen LogP contribution in [0.5, 0.6) is 0 Å². The fourth-order valence-electron chi connectivity index (χ4n) is 1.65. The maximum Gasteiger partial charge on any atom is 0.379 e. The van der Waals surface area contributed by atoms with Gasteiger partial charge in [-0.1, -0.05) is 13.8 Å². The predicted octanol–water partition coefficient (Wildman–Crippen LogP) is 3.17. The van der Waals surface area contributed by atoms with Crippen LogP contribution in [0.15, 0.2) is 18.2 Å². The van der Waals surface area contributed by atoms with E-state index in [2.05, 4.69) is 18.8 Å². The molecule has 0 fully saturated rings. The van der Waals surface area contributed by atoms with Crippen molar-refractivity contribution in [2.45, 2.75) is 26.7 Å². The summed E-state index contributed by atoms with van der Waals surface area (Å²) < 4.78 is 5.72. The van der Waals surface area contributed by atoms with Gasteiger partial charge >= 0.3 is 5.97 Å². The highest BCUT2D eigenvalue weighted by atomic mass is 32.1. The number of nitrogens with zero attached hydrogens (tertiary/aromatic N) is 1. The Hall–Kier alpha value is -1.75. The molecule has 0 saturated heterocycles. The van der Waals surface area contributed by atoms with Gasteiger partial charge in [0, 0.05) is 11.5 Å². The van der Waals surface area contributed by atoms with Gasteiger partial charge in [-0.25, -0.2) is 9.78 Å². The van der Waals surface area contributed by atoms with Crippen LogP contribution in [-0.4, -0.2) is 23.3 Å². The molecule has 0 bridgehead atoms.